The van der Waals surface area contributed by atoms with Crippen molar-refractivity contribution in [3.8, 4) is 11.3 Å². The molecule has 0 radical (unpaired) electrons. The molecule has 0 saturated carbocycles. The van der Waals surface area contributed by atoms with E-state index in [1.165, 1.54) is 17.4 Å². The zero-order valence-electron chi connectivity index (χ0n) is 13.7. The van der Waals surface area contributed by atoms with Crippen molar-refractivity contribution in [2.45, 2.75) is 19.0 Å². The lowest BCUT2D eigenvalue weighted by Crippen LogP contribution is -2.30. The Kier molecular flexibility index (Phi) is 4.27. The summed E-state index contributed by atoms with van der Waals surface area (Å²) >= 11 is 6.14. The number of hydrogen-bond donors (Lipinski definition) is 2. The van der Waals surface area contributed by atoms with Gasteiger partial charge in [-0.05, 0) is 42.8 Å². The predicted octanol–water partition coefficient (Wildman–Crippen LogP) is 3.35. The average molecular weight is 341 g/mol. The molecule has 0 amide bonds. The van der Waals surface area contributed by atoms with Crippen LogP contribution in [0.5, 0.6) is 0 Å². The molecule has 1 atom stereocenters. The summed E-state index contributed by atoms with van der Waals surface area (Å²) in [6.07, 6.45) is 5.06. The summed E-state index contributed by atoms with van der Waals surface area (Å²) in [5.41, 5.74) is 4.64. The molecule has 0 bridgehead atoms. The van der Waals surface area contributed by atoms with Crippen LogP contribution >= 0.6 is 11.6 Å². The number of aryl methyl sites for hydroxylation is 1. The zero-order valence-corrected chi connectivity index (χ0v) is 14.5. The van der Waals surface area contributed by atoms with E-state index < -0.39 is 0 Å². The Balaban J connectivity index is 1.62. The van der Waals surface area contributed by atoms with Gasteiger partial charge in [0.2, 0.25) is 0 Å². The molecule has 1 fully saturated rings. The Labute approximate surface area is 146 Å². The number of rotatable bonds is 4. The van der Waals surface area contributed by atoms with Gasteiger partial charge in [-0.2, -0.15) is 0 Å². The van der Waals surface area contributed by atoms with E-state index >= 15 is 0 Å². The van der Waals surface area contributed by atoms with Crippen molar-refractivity contribution < 1.29 is 0 Å². The van der Waals surface area contributed by atoms with Crippen LogP contribution in [0.1, 0.15) is 12.0 Å². The molecular formula is C19H21ClN4. The first-order valence-electron chi connectivity index (χ1n) is 8.34. The van der Waals surface area contributed by atoms with Crippen LogP contribution in [-0.2, 0) is 13.6 Å². The van der Waals surface area contributed by atoms with Crippen molar-refractivity contribution >= 4 is 22.5 Å². The van der Waals surface area contributed by atoms with Gasteiger partial charge in [0.25, 0.3) is 0 Å². The highest BCUT2D eigenvalue weighted by Crippen LogP contribution is 2.29. The largest absolute Gasteiger partial charge is 0.344 e. The third-order valence-electron chi connectivity index (χ3n) is 4.75. The lowest BCUT2D eigenvalue weighted by Gasteiger charge is -2.12. The first-order chi connectivity index (χ1) is 11.7. The molecule has 4 nitrogen and oxygen atoms in total. The van der Waals surface area contributed by atoms with Crippen LogP contribution in [0, 0.1) is 0 Å². The van der Waals surface area contributed by atoms with Gasteiger partial charge in [-0.1, -0.05) is 17.7 Å². The molecule has 1 aliphatic rings. The number of benzene rings is 1. The van der Waals surface area contributed by atoms with Crippen molar-refractivity contribution in [1.29, 1.82) is 0 Å². The number of nitrogens with zero attached hydrogens (tertiary/aromatic N) is 2. The number of halogens is 1. The maximum Gasteiger partial charge on any atom is 0.0504 e. The first-order valence-corrected chi connectivity index (χ1v) is 8.72. The normalized spacial score (nSPS) is 17.7. The number of aromatic nitrogens is 2. The number of nitrogens with one attached hydrogen (secondary N) is 2. The van der Waals surface area contributed by atoms with Gasteiger partial charge < -0.3 is 15.2 Å². The van der Waals surface area contributed by atoms with E-state index in [0.29, 0.717) is 6.04 Å². The highest BCUT2D eigenvalue weighted by molar-refractivity contribution is 6.31. The molecule has 1 aromatic carbocycles. The molecule has 24 heavy (non-hydrogen) atoms. The number of pyridine rings is 1. The van der Waals surface area contributed by atoms with Crippen LogP contribution in [0.25, 0.3) is 22.2 Å². The fourth-order valence-corrected chi connectivity index (χ4v) is 3.56. The van der Waals surface area contributed by atoms with Crippen molar-refractivity contribution in [3.05, 3.63) is 53.3 Å². The van der Waals surface area contributed by atoms with Gasteiger partial charge in [0.05, 0.1) is 5.69 Å². The van der Waals surface area contributed by atoms with Crippen LogP contribution in [0.4, 0.5) is 0 Å². The van der Waals surface area contributed by atoms with Crippen LogP contribution in [-0.4, -0.2) is 28.7 Å². The minimum atomic E-state index is 0.563. The summed E-state index contributed by atoms with van der Waals surface area (Å²) < 4.78 is 2.18. The second-order valence-corrected chi connectivity index (χ2v) is 6.88. The maximum absolute atomic E-state index is 6.14. The third kappa shape index (κ3) is 3.05. The third-order valence-corrected chi connectivity index (χ3v) is 4.99. The highest BCUT2D eigenvalue weighted by Gasteiger charge is 2.14. The quantitative estimate of drug-likeness (QED) is 0.765. The fourth-order valence-electron chi connectivity index (χ4n) is 3.40. The summed E-state index contributed by atoms with van der Waals surface area (Å²) in [6, 6.07) is 11.0. The second-order valence-electron chi connectivity index (χ2n) is 6.44. The summed E-state index contributed by atoms with van der Waals surface area (Å²) in [5.74, 6) is 0. The Morgan fingerprint density at radius 3 is 3.04 bits per heavy atom. The van der Waals surface area contributed by atoms with E-state index in [1.54, 1.807) is 0 Å². The Morgan fingerprint density at radius 2 is 2.21 bits per heavy atom. The average Bonchev–Trinajstić information content (AvgIpc) is 3.22. The molecule has 0 aliphatic carbocycles. The topological polar surface area (TPSA) is 41.9 Å². The smallest absolute Gasteiger partial charge is 0.0504 e. The van der Waals surface area contributed by atoms with Crippen molar-refractivity contribution in [1.82, 2.24) is 20.2 Å². The minimum absolute atomic E-state index is 0.563. The van der Waals surface area contributed by atoms with Crippen molar-refractivity contribution in [2.75, 3.05) is 13.1 Å². The van der Waals surface area contributed by atoms with E-state index in [4.69, 9.17) is 11.6 Å². The van der Waals surface area contributed by atoms with Crippen molar-refractivity contribution in [2.24, 2.45) is 7.05 Å². The van der Waals surface area contributed by atoms with Gasteiger partial charge in [0.15, 0.2) is 0 Å². The number of fused-ring (bicyclic) bond motifs is 1. The fraction of sp³-hybridized carbons (Fsp3) is 0.316. The van der Waals surface area contributed by atoms with E-state index in [-0.39, 0.29) is 0 Å². The molecule has 124 valence electrons. The molecule has 2 N–H and O–H groups in total. The first kappa shape index (κ1) is 15.6. The summed E-state index contributed by atoms with van der Waals surface area (Å²) in [5, 5.41) is 8.93. The van der Waals surface area contributed by atoms with Crippen LogP contribution in [0.2, 0.25) is 5.02 Å². The lowest BCUT2D eigenvalue weighted by molar-refractivity contribution is 0.547. The highest BCUT2D eigenvalue weighted by atomic mass is 35.5. The Morgan fingerprint density at radius 1 is 1.29 bits per heavy atom. The van der Waals surface area contributed by atoms with Gasteiger partial charge in [-0.25, -0.2) is 0 Å². The molecule has 3 heterocycles. The summed E-state index contributed by atoms with van der Waals surface area (Å²) in [4.78, 5) is 4.44. The van der Waals surface area contributed by atoms with Gasteiger partial charge in [-0.15, -0.1) is 0 Å². The van der Waals surface area contributed by atoms with Crippen LogP contribution in [0.15, 0.2) is 42.7 Å². The van der Waals surface area contributed by atoms with E-state index in [2.05, 4.69) is 45.4 Å². The Bertz CT molecular complexity index is 865. The van der Waals surface area contributed by atoms with Gasteiger partial charge in [0, 0.05) is 60.1 Å². The van der Waals surface area contributed by atoms with Gasteiger partial charge in [-0.3, -0.25) is 4.98 Å². The second kappa shape index (κ2) is 6.55. The van der Waals surface area contributed by atoms with Crippen molar-refractivity contribution in [3.63, 3.8) is 0 Å². The molecule has 3 aromatic rings. The molecule has 0 spiro atoms. The zero-order chi connectivity index (χ0) is 16.5. The van der Waals surface area contributed by atoms with E-state index in [0.717, 1.165) is 41.4 Å². The SMILES string of the molecule is Cn1c(-c2cncc(CN[C@H]3CCNC3)c2)cc2ccc(Cl)cc21. The molecule has 1 saturated heterocycles. The van der Waals surface area contributed by atoms with Crippen LogP contribution < -0.4 is 10.6 Å². The van der Waals surface area contributed by atoms with E-state index in [1.807, 2.05) is 24.5 Å². The lowest BCUT2D eigenvalue weighted by atomic mass is 10.1. The molecule has 0 unspecified atom stereocenters. The molecule has 2 aromatic heterocycles. The monoisotopic (exact) mass is 340 g/mol. The summed E-state index contributed by atoms with van der Waals surface area (Å²) in [6.45, 7) is 3.01. The molecule has 1 aliphatic heterocycles. The summed E-state index contributed by atoms with van der Waals surface area (Å²) in [7, 11) is 2.07. The van der Waals surface area contributed by atoms with Crippen LogP contribution in [0.3, 0.4) is 0 Å². The maximum atomic E-state index is 6.14. The predicted molar refractivity (Wildman–Crippen MR) is 99.3 cm³/mol. The van der Waals surface area contributed by atoms with Gasteiger partial charge >= 0.3 is 0 Å². The molecule has 5 heteroatoms. The Hall–Kier alpha value is -1.88. The van der Waals surface area contributed by atoms with E-state index in [9.17, 15) is 0 Å². The number of hydrogen-bond acceptors (Lipinski definition) is 3. The standard InChI is InChI=1S/C19H21ClN4/c1-24-18(7-14-2-3-16(20)8-19(14)24)15-6-13(9-22-11-15)10-23-17-4-5-21-12-17/h2-3,6-9,11,17,21,23H,4-5,10,12H2,1H3/t17-/m0/s1. The van der Waals surface area contributed by atoms with Gasteiger partial charge in [0.1, 0.15) is 0 Å². The minimum Gasteiger partial charge on any atom is -0.344 e. The molecular weight excluding hydrogens is 320 g/mol. The molecule has 4 rings (SSSR count).